The number of nitrogens with zero attached hydrogens (tertiary/aromatic N) is 1. The second-order valence-electron chi connectivity index (χ2n) is 8.42. The highest BCUT2D eigenvalue weighted by Crippen LogP contribution is 2.44. The molecule has 0 aromatic rings. The largest absolute Gasteiger partial charge is 0.352 e. The van der Waals surface area contributed by atoms with Gasteiger partial charge in [0.15, 0.2) is 0 Å². The topological polar surface area (TPSA) is 32.3 Å². The highest BCUT2D eigenvalue weighted by Gasteiger charge is 2.41. The molecule has 0 unspecified atom stereocenters. The fourth-order valence-corrected chi connectivity index (χ4v) is 4.90. The molecular weight excluding hydrogens is 272 g/mol. The Hall–Kier alpha value is -0.570. The van der Waals surface area contributed by atoms with Gasteiger partial charge in [0.25, 0.3) is 0 Å². The summed E-state index contributed by atoms with van der Waals surface area (Å²) in [6.45, 7) is 6.72. The normalized spacial score (nSPS) is 33.7. The zero-order valence-corrected chi connectivity index (χ0v) is 14.6. The number of nitrogens with one attached hydrogen (secondary N) is 1. The van der Waals surface area contributed by atoms with Gasteiger partial charge in [-0.25, -0.2) is 0 Å². The quantitative estimate of drug-likeness (QED) is 0.862. The summed E-state index contributed by atoms with van der Waals surface area (Å²) in [4.78, 5) is 15.0. The van der Waals surface area contributed by atoms with E-state index in [4.69, 9.17) is 0 Å². The van der Waals surface area contributed by atoms with Gasteiger partial charge < -0.3 is 5.32 Å². The minimum absolute atomic E-state index is 0.0562. The summed E-state index contributed by atoms with van der Waals surface area (Å²) >= 11 is 0. The van der Waals surface area contributed by atoms with E-state index in [1.807, 2.05) is 0 Å². The molecule has 3 aliphatic rings. The molecule has 1 atom stereocenters. The first-order chi connectivity index (χ1) is 10.6. The molecule has 1 spiro atoms. The van der Waals surface area contributed by atoms with Gasteiger partial charge >= 0.3 is 0 Å². The van der Waals surface area contributed by atoms with Gasteiger partial charge in [0, 0.05) is 12.6 Å². The molecule has 1 heterocycles. The van der Waals surface area contributed by atoms with E-state index in [0.29, 0.717) is 11.5 Å². The molecule has 1 saturated heterocycles. The van der Waals surface area contributed by atoms with Gasteiger partial charge in [0.1, 0.15) is 0 Å². The Morgan fingerprint density at radius 2 is 1.77 bits per heavy atom. The third kappa shape index (κ3) is 3.67. The third-order valence-electron chi connectivity index (χ3n) is 6.67. The van der Waals surface area contributed by atoms with Crippen LogP contribution in [-0.4, -0.2) is 36.0 Å². The summed E-state index contributed by atoms with van der Waals surface area (Å²) in [6.07, 6.45) is 13.2. The Kier molecular flexibility index (Phi) is 5.11. The molecule has 1 amide bonds. The maximum absolute atomic E-state index is 12.6. The lowest BCUT2D eigenvalue weighted by molar-refractivity contribution is -0.126. The van der Waals surface area contributed by atoms with Gasteiger partial charge in [-0.15, -0.1) is 0 Å². The lowest BCUT2D eigenvalue weighted by atomic mass is 9.73. The van der Waals surface area contributed by atoms with Crippen LogP contribution in [0, 0.1) is 11.3 Å². The van der Waals surface area contributed by atoms with E-state index in [2.05, 4.69) is 24.1 Å². The Morgan fingerprint density at radius 3 is 2.45 bits per heavy atom. The van der Waals surface area contributed by atoms with E-state index < -0.39 is 0 Å². The third-order valence-corrected chi connectivity index (χ3v) is 6.67. The summed E-state index contributed by atoms with van der Waals surface area (Å²) < 4.78 is 0. The average molecular weight is 306 g/mol. The van der Waals surface area contributed by atoms with Gasteiger partial charge in [0.2, 0.25) is 5.91 Å². The molecule has 3 rings (SSSR count). The second kappa shape index (κ2) is 6.90. The minimum Gasteiger partial charge on any atom is -0.352 e. The number of hydrogen-bond acceptors (Lipinski definition) is 2. The van der Waals surface area contributed by atoms with Crippen molar-refractivity contribution in [2.45, 2.75) is 90.1 Å². The zero-order valence-electron chi connectivity index (χ0n) is 14.6. The number of carbonyl (C=O) groups is 1. The van der Waals surface area contributed by atoms with Crippen LogP contribution in [0.2, 0.25) is 0 Å². The van der Waals surface area contributed by atoms with E-state index in [1.165, 1.54) is 64.2 Å². The maximum atomic E-state index is 12.6. The first-order valence-electron chi connectivity index (χ1n) is 9.62. The van der Waals surface area contributed by atoms with Gasteiger partial charge in [-0.1, -0.05) is 26.2 Å². The molecule has 3 heteroatoms. The number of hydrogen-bond donors (Lipinski definition) is 1. The average Bonchev–Trinajstić information content (AvgIpc) is 2.93. The van der Waals surface area contributed by atoms with Crippen LogP contribution in [0.1, 0.15) is 78.1 Å². The molecule has 0 aromatic carbocycles. The maximum Gasteiger partial charge on any atom is 0.237 e. The van der Waals surface area contributed by atoms with Crippen molar-refractivity contribution in [2.75, 3.05) is 13.1 Å². The molecule has 2 saturated carbocycles. The Balaban J connectivity index is 1.48. The predicted molar refractivity (Wildman–Crippen MR) is 90.7 cm³/mol. The number of rotatable bonds is 3. The molecule has 0 aromatic heterocycles. The van der Waals surface area contributed by atoms with E-state index in [1.54, 1.807) is 0 Å². The van der Waals surface area contributed by atoms with Crippen molar-refractivity contribution in [3.05, 3.63) is 0 Å². The van der Waals surface area contributed by atoms with Gasteiger partial charge in [0.05, 0.1) is 6.04 Å². The van der Waals surface area contributed by atoms with Crippen LogP contribution in [0.3, 0.4) is 0 Å². The lowest BCUT2D eigenvalue weighted by Crippen LogP contribution is -2.48. The van der Waals surface area contributed by atoms with Crippen molar-refractivity contribution >= 4 is 5.91 Å². The summed E-state index contributed by atoms with van der Waals surface area (Å²) in [5.41, 5.74) is 0.549. The zero-order chi connectivity index (χ0) is 15.6. The van der Waals surface area contributed by atoms with E-state index >= 15 is 0 Å². The molecule has 0 bridgehead atoms. The van der Waals surface area contributed by atoms with Crippen LogP contribution in [0.15, 0.2) is 0 Å². The van der Waals surface area contributed by atoms with Crippen molar-refractivity contribution in [1.29, 1.82) is 0 Å². The Morgan fingerprint density at radius 1 is 1.09 bits per heavy atom. The molecule has 1 N–H and O–H groups in total. The summed E-state index contributed by atoms with van der Waals surface area (Å²) in [6, 6.07) is 0.484. The monoisotopic (exact) mass is 306 g/mol. The van der Waals surface area contributed by atoms with Gasteiger partial charge in [-0.05, 0) is 69.7 Å². The van der Waals surface area contributed by atoms with Crippen molar-refractivity contribution < 1.29 is 4.79 Å². The molecule has 2 aliphatic carbocycles. The van der Waals surface area contributed by atoms with Crippen LogP contribution in [-0.2, 0) is 4.79 Å². The Bertz CT molecular complexity index is 381. The van der Waals surface area contributed by atoms with Crippen molar-refractivity contribution in [3.8, 4) is 0 Å². The fourth-order valence-electron chi connectivity index (χ4n) is 4.90. The summed E-state index contributed by atoms with van der Waals surface area (Å²) in [7, 11) is 0. The molecule has 1 aliphatic heterocycles. The van der Waals surface area contributed by atoms with Gasteiger partial charge in [-0.2, -0.15) is 0 Å². The summed E-state index contributed by atoms with van der Waals surface area (Å²) in [5.74, 6) is 1.11. The predicted octanol–water partition coefficient (Wildman–Crippen LogP) is 3.73. The van der Waals surface area contributed by atoms with E-state index in [-0.39, 0.29) is 11.9 Å². The molecule has 0 radical (unpaired) electrons. The van der Waals surface area contributed by atoms with Crippen LogP contribution in [0.5, 0.6) is 0 Å². The number of likely N-dealkylation sites (tertiary alicyclic amines) is 1. The van der Waals surface area contributed by atoms with Crippen LogP contribution < -0.4 is 5.32 Å². The smallest absolute Gasteiger partial charge is 0.237 e. The second-order valence-corrected chi connectivity index (χ2v) is 8.42. The lowest BCUT2D eigenvalue weighted by Gasteiger charge is -2.35. The van der Waals surface area contributed by atoms with Crippen LogP contribution in [0.4, 0.5) is 0 Å². The molecule has 3 nitrogen and oxygen atoms in total. The minimum atomic E-state index is 0.0562. The van der Waals surface area contributed by atoms with E-state index in [9.17, 15) is 4.79 Å². The highest BCUT2D eigenvalue weighted by molar-refractivity contribution is 5.81. The van der Waals surface area contributed by atoms with Crippen LogP contribution >= 0.6 is 0 Å². The SMILES string of the molecule is CC1CCC(NC(=O)[C@@H](C)N2CCC3(CCCCC3)C2)CC1. The molecule has 22 heavy (non-hydrogen) atoms. The van der Waals surface area contributed by atoms with Crippen LogP contribution in [0.25, 0.3) is 0 Å². The van der Waals surface area contributed by atoms with Crippen molar-refractivity contribution in [2.24, 2.45) is 11.3 Å². The molecule has 3 fully saturated rings. The standard InChI is InChI=1S/C19H34N2O/c1-15-6-8-17(9-7-15)20-18(22)16(2)21-13-12-19(14-21)10-4-3-5-11-19/h15-17H,3-14H2,1-2H3,(H,20,22)/t15?,16-,17?/m1/s1. The first-order valence-corrected chi connectivity index (χ1v) is 9.62. The first kappa shape index (κ1) is 16.3. The van der Waals surface area contributed by atoms with Crippen molar-refractivity contribution in [1.82, 2.24) is 10.2 Å². The fraction of sp³-hybridized carbons (Fsp3) is 0.947. The Labute approximate surface area is 136 Å². The number of amides is 1. The van der Waals surface area contributed by atoms with Crippen molar-refractivity contribution in [3.63, 3.8) is 0 Å². The van der Waals surface area contributed by atoms with E-state index in [0.717, 1.165) is 19.0 Å². The van der Waals surface area contributed by atoms with Gasteiger partial charge in [-0.3, -0.25) is 9.69 Å². The highest BCUT2D eigenvalue weighted by atomic mass is 16.2. The molecule has 126 valence electrons. The molecular formula is C19H34N2O. The summed E-state index contributed by atoms with van der Waals surface area (Å²) in [5, 5.41) is 3.33. The number of carbonyl (C=O) groups excluding carboxylic acids is 1.